The number of halogens is 2. The number of carboxylic acid groups (broad SMARTS) is 1. The molecule has 3 N–H and O–H groups in total. The minimum atomic E-state index is -1.03. The monoisotopic (exact) mass is 346 g/mol. The Labute approximate surface area is 124 Å². The Morgan fingerprint density at radius 3 is 2.65 bits per heavy atom. The maximum atomic E-state index is 13.1. The maximum absolute atomic E-state index is 13.1. The summed E-state index contributed by atoms with van der Waals surface area (Å²) in [6.07, 6.45) is 0.381. The molecule has 110 valence electrons. The second-order valence-corrected chi connectivity index (χ2v) is 5.51. The summed E-state index contributed by atoms with van der Waals surface area (Å²) in [5, 5.41) is 14.0. The van der Waals surface area contributed by atoms with Crippen LogP contribution in [0.3, 0.4) is 0 Å². The predicted octanol–water partition coefficient (Wildman–Crippen LogP) is 3.21. The molecule has 1 atom stereocenters. The summed E-state index contributed by atoms with van der Waals surface area (Å²) in [6, 6.07) is 3.31. The van der Waals surface area contributed by atoms with Crippen LogP contribution in [-0.2, 0) is 4.79 Å². The summed E-state index contributed by atoms with van der Waals surface area (Å²) in [4.78, 5) is 22.8. The first-order chi connectivity index (χ1) is 9.28. The van der Waals surface area contributed by atoms with Gasteiger partial charge in [-0.05, 0) is 47.5 Å². The molecule has 0 aliphatic rings. The molecule has 1 aromatic carbocycles. The highest BCUT2D eigenvalue weighted by molar-refractivity contribution is 9.10. The Morgan fingerprint density at radius 2 is 2.10 bits per heavy atom. The quantitative estimate of drug-likeness (QED) is 0.765. The molecular formula is C13H16BrFN2O3. The van der Waals surface area contributed by atoms with E-state index in [9.17, 15) is 14.0 Å². The number of urea groups is 1. The average molecular weight is 347 g/mol. The molecule has 1 unspecified atom stereocenters. The van der Waals surface area contributed by atoms with Crippen molar-refractivity contribution >= 4 is 33.6 Å². The van der Waals surface area contributed by atoms with Crippen LogP contribution in [0.5, 0.6) is 0 Å². The van der Waals surface area contributed by atoms with Crippen molar-refractivity contribution in [1.29, 1.82) is 0 Å². The van der Waals surface area contributed by atoms with E-state index in [1.54, 1.807) is 13.8 Å². The van der Waals surface area contributed by atoms with Crippen molar-refractivity contribution < 1.29 is 19.1 Å². The fourth-order valence-corrected chi connectivity index (χ4v) is 1.73. The summed E-state index contributed by atoms with van der Waals surface area (Å²) in [7, 11) is 0. The van der Waals surface area contributed by atoms with Crippen molar-refractivity contribution in [3.8, 4) is 0 Å². The highest BCUT2D eigenvalue weighted by atomic mass is 79.9. The zero-order valence-electron chi connectivity index (χ0n) is 11.2. The van der Waals surface area contributed by atoms with Crippen LogP contribution in [0.4, 0.5) is 14.9 Å². The van der Waals surface area contributed by atoms with Crippen LogP contribution in [0, 0.1) is 11.2 Å². The number of amides is 2. The molecule has 20 heavy (non-hydrogen) atoms. The van der Waals surface area contributed by atoms with Crippen LogP contribution in [-0.4, -0.2) is 23.7 Å². The van der Waals surface area contributed by atoms with Gasteiger partial charge in [-0.25, -0.2) is 9.18 Å². The smallest absolute Gasteiger partial charge is 0.319 e. The van der Waals surface area contributed by atoms with Gasteiger partial charge in [-0.2, -0.15) is 0 Å². The Morgan fingerprint density at radius 1 is 1.45 bits per heavy atom. The van der Waals surface area contributed by atoms with Gasteiger partial charge in [0.25, 0.3) is 0 Å². The lowest BCUT2D eigenvalue weighted by Crippen LogP contribution is -2.42. The SMILES string of the molecule is CCC(C)(CNC(=O)Nc1cc(F)ccc1Br)C(=O)O. The molecule has 0 spiro atoms. The summed E-state index contributed by atoms with van der Waals surface area (Å²) < 4.78 is 13.6. The third-order valence-electron chi connectivity index (χ3n) is 3.11. The van der Waals surface area contributed by atoms with E-state index in [-0.39, 0.29) is 12.2 Å². The van der Waals surface area contributed by atoms with E-state index in [0.717, 1.165) is 0 Å². The van der Waals surface area contributed by atoms with E-state index >= 15 is 0 Å². The second kappa shape index (κ2) is 6.69. The molecule has 5 nitrogen and oxygen atoms in total. The maximum Gasteiger partial charge on any atom is 0.319 e. The Kier molecular flexibility index (Phi) is 5.50. The molecule has 0 aliphatic carbocycles. The number of hydrogen-bond donors (Lipinski definition) is 3. The first-order valence-corrected chi connectivity index (χ1v) is 6.81. The molecular weight excluding hydrogens is 331 g/mol. The third kappa shape index (κ3) is 4.19. The number of benzene rings is 1. The van der Waals surface area contributed by atoms with Gasteiger partial charge in [0.1, 0.15) is 5.82 Å². The summed E-state index contributed by atoms with van der Waals surface area (Å²) in [5.74, 6) is -1.46. The molecule has 0 saturated carbocycles. The van der Waals surface area contributed by atoms with E-state index in [1.807, 2.05) is 0 Å². The number of carboxylic acids is 1. The number of rotatable bonds is 5. The van der Waals surface area contributed by atoms with Crippen molar-refractivity contribution in [3.05, 3.63) is 28.5 Å². The standard InChI is InChI=1S/C13H16BrFN2O3/c1-3-13(2,11(18)19)7-16-12(20)17-10-6-8(15)4-5-9(10)14/h4-6H,3,7H2,1-2H3,(H,18,19)(H2,16,17,20). The van der Waals surface area contributed by atoms with Gasteiger partial charge in [-0.1, -0.05) is 6.92 Å². The normalized spacial score (nSPS) is 13.4. The molecule has 2 amide bonds. The largest absolute Gasteiger partial charge is 0.481 e. The minimum Gasteiger partial charge on any atom is -0.481 e. The van der Waals surface area contributed by atoms with Crippen LogP contribution >= 0.6 is 15.9 Å². The number of hydrogen-bond acceptors (Lipinski definition) is 2. The van der Waals surface area contributed by atoms with E-state index in [2.05, 4.69) is 26.6 Å². The van der Waals surface area contributed by atoms with Crippen molar-refractivity contribution in [1.82, 2.24) is 5.32 Å². The molecule has 0 saturated heterocycles. The van der Waals surface area contributed by atoms with Gasteiger partial charge in [0, 0.05) is 11.0 Å². The first kappa shape index (κ1) is 16.4. The number of anilines is 1. The van der Waals surface area contributed by atoms with Gasteiger partial charge in [0.15, 0.2) is 0 Å². The molecule has 0 aromatic heterocycles. The van der Waals surface area contributed by atoms with E-state index in [4.69, 9.17) is 5.11 Å². The number of nitrogens with one attached hydrogen (secondary N) is 2. The van der Waals surface area contributed by atoms with Crippen LogP contribution in [0.1, 0.15) is 20.3 Å². The van der Waals surface area contributed by atoms with Gasteiger partial charge in [0.05, 0.1) is 11.1 Å². The fraction of sp³-hybridized carbons (Fsp3) is 0.385. The molecule has 0 fully saturated rings. The van der Waals surface area contributed by atoms with Crippen LogP contribution in [0.15, 0.2) is 22.7 Å². The third-order valence-corrected chi connectivity index (χ3v) is 3.80. The number of carbonyl (C=O) groups is 2. The van der Waals surface area contributed by atoms with Crippen molar-refractivity contribution in [2.45, 2.75) is 20.3 Å². The van der Waals surface area contributed by atoms with E-state index < -0.39 is 23.2 Å². The Bertz CT molecular complexity index is 524. The second-order valence-electron chi connectivity index (χ2n) is 4.65. The lowest BCUT2D eigenvalue weighted by molar-refractivity contribution is -0.147. The molecule has 7 heteroatoms. The Hall–Kier alpha value is -1.63. The summed E-state index contributed by atoms with van der Waals surface area (Å²) in [5.41, 5.74) is -0.757. The topological polar surface area (TPSA) is 78.4 Å². The molecule has 1 aromatic rings. The predicted molar refractivity (Wildman–Crippen MR) is 77.2 cm³/mol. The summed E-state index contributed by atoms with van der Waals surface area (Å²) >= 11 is 3.18. The summed E-state index contributed by atoms with van der Waals surface area (Å²) in [6.45, 7) is 3.27. The highest BCUT2D eigenvalue weighted by Crippen LogP contribution is 2.23. The highest BCUT2D eigenvalue weighted by Gasteiger charge is 2.31. The molecule has 0 heterocycles. The first-order valence-electron chi connectivity index (χ1n) is 6.02. The van der Waals surface area contributed by atoms with Gasteiger partial charge in [0.2, 0.25) is 0 Å². The average Bonchev–Trinajstić information content (AvgIpc) is 2.40. The van der Waals surface area contributed by atoms with Crippen LogP contribution in [0.25, 0.3) is 0 Å². The van der Waals surface area contributed by atoms with Crippen LogP contribution < -0.4 is 10.6 Å². The number of carbonyl (C=O) groups excluding carboxylic acids is 1. The van der Waals surface area contributed by atoms with Gasteiger partial charge in [-0.3, -0.25) is 4.79 Å². The van der Waals surface area contributed by atoms with Crippen molar-refractivity contribution in [3.63, 3.8) is 0 Å². The number of aliphatic carboxylic acids is 1. The van der Waals surface area contributed by atoms with Crippen LogP contribution in [0.2, 0.25) is 0 Å². The van der Waals surface area contributed by atoms with Crippen molar-refractivity contribution in [2.75, 3.05) is 11.9 Å². The fourth-order valence-electron chi connectivity index (χ4n) is 1.39. The Balaban J connectivity index is 2.65. The van der Waals surface area contributed by atoms with Gasteiger partial charge < -0.3 is 15.7 Å². The lowest BCUT2D eigenvalue weighted by Gasteiger charge is -2.23. The van der Waals surface area contributed by atoms with Crippen molar-refractivity contribution in [2.24, 2.45) is 5.41 Å². The zero-order chi connectivity index (χ0) is 15.3. The lowest BCUT2D eigenvalue weighted by atomic mass is 9.88. The van der Waals surface area contributed by atoms with E-state index in [1.165, 1.54) is 18.2 Å². The minimum absolute atomic E-state index is 0.0163. The molecule has 0 bridgehead atoms. The molecule has 0 aliphatic heterocycles. The zero-order valence-corrected chi connectivity index (χ0v) is 12.8. The van der Waals surface area contributed by atoms with Gasteiger partial charge in [-0.15, -0.1) is 0 Å². The van der Waals surface area contributed by atoms with E-state index in [0.29, 0.717) is 10.9 Å². The van der Waals surface area contributed by atoms with Gasteiger partial charge >= 0.3 is 12.0 Å². The molecule has 1 rings (SSSR count). The molecule has 0 radical (unpaired) electrons.